The summed E-state index contributed by atoms with van der Waals surface area (Å²) in [6.45, 7) is 0.0722. The lowest BCUT2D eigenvalue weighted by molar-refractivity contribution is -0.172. The first-order chi connectivity index (χ1) is 7.79. The third kappa shape index (κ3) is 4.72. The normalized spacial score (nSPS) is 19.2. The molecule has 98 valence electrons. The zero-order valence-electron chi connectivity index (χ0n) is 9.16. The fourth-order valence-corrected chi connectivity index (χ4v) is 1.89. The van der Waals surface area contributed by atoms with Crippen LogP contribution in [-0.4, -0.2) is 47.6 Å². The van der Waals surface area contributed by atoms with Gasteiger partial charge in [-0.2, -0.15) is 13.2 Å². The smallest absolute Gasteiger partial charge is 0.451 e. The molecule has 0 spiro atoms. The molecule has 4 nitrogen and oxygen atoms in total. The van der Waals surface area contributed by atoms with Gasteiger partial charge in [0.1, 0.15) is 0 Å². The van der Waals surface area contributed by atoms with E-state index in [9.17, 15) is 22.8 Å². The molecule has 1 saturated heterocycles. The minimum absolute atomic E-state index is 0.00439. The Morgan fingerprint density at radius 1 is 1.24 bits per heavy atom. The number of carboxylic acids is 1. The van der Waals surface area contributed by atoms with E-state index in [-0.39, 0.29) is 12.3 Å². The van der Waals surface area contributed by atoms with Gasteiger partial charge in [0.2, 0.25) is 5.78 Å². The van der Waals surface area contributed by atoms with Gasteiger partial charge >= 0.3 is 12.1 Å². The summed E-state index contributed by atoms with van der Waals surface area (Å²) < 4.78 is 36.0. The first-order valence-electron chi connectivity index (χ1n) is 5.33. The Labute approximate surface area is 96.4 Å². The van der Waals surface area contributed by atoms with Crippen molar-refractivity contribution in [2.75, 3.05) is 19.6 Å². The molecule has 0 saturated carbocycles. The molecular formula is C10H14F3NO3. The second-order valence-corrected chi connectivity index (χ2v) is 4.24. The van der Waals surface area contributed by atoms with Crippen molar-refractivity contribution < 1.29 is 27.9 Å². The molecule has 1 fully saturated rings. The number of ketones is 1. The van der Waals surface area contributed by atoms with Gasteiger partial charge in [-0.3, -0.25) is 14.5 Å². The van der Waals surface area contributed by atoms with Crippen molar-refractivity contribution in [2.45, 2.75) is 25.4 Å². The summed E-state index contributed by atoms with van der Waals surface area (Å²) >= 11 is 0. The fraction of sp³-hybridized carbons (Fsp3) is 0.800. The van der Waals surface area contributed by atoms with E-state index in [0.717, 1.165) is 0 Å². The number of hydrogen-bond donors (Lipinski definition) is 1. The third-order valence-corrected chi connectivity index (χ3v) is 2.85. The first-order valence-corrected chi connectivity index (χ1v) is 5.33. The molecule has 1 rings (SSSR count). The van der Waals surface area contributed by atoms with Crippen molar-refractivity contribution in [1.82, 2.24) is 4.90 Å². The molecular weight excluding hydrogens is 239 g/mol. The molecule has 0 atom stereocenters. The van der Waals surface area contributed by atoms with Crippen molar-refractivity contribution in [3.05, 3.63) is 0 Å². The van der Waals surface area contributed by atoms with Crippen LogP contribution in [0, 0.1) is 5.92 Å². The first kappa shape index (κ1) is 14.0. The van der Waals surface area contributed by atoms with Crippen LogP contribution < -0.4 is 0 Å². The molecule has 0 bridgehead atoms. The number of carbonyl (C=O) groups excluding carboxylic acids is 1. The summed E-state index contributed by atoms with van der Waals surface area (Å²) in [5.74, 6) is -2.63. The highest BCUT2D eigenvalue weighted by Crippen LogP contribution is 2.22. The summed E-state index contributed by atoms with van der Waals surface area (Å²) in [6.07, 6.45) is -3.69. The Morgan fingerprint density at radius 2 is 1.76 bits per heavy atom. The van der Waals surface area contributed by atoms with Crippen LogP contribution in [0.4, 0.5) is 13.2 Å². The maximum absolute atomic E-state index is 12.0. The van der Waals surface area contributed by atoms with E-state index in [1.807, 2.05) is 0 Å². The number of Topliss-reactive ketones (excluding diaryl/α,β-unsaturated/α-hetero) is 1. The van der Waals surface area contributed by atoms with E-state index in [0.29, 0.717) is 25.9 Å². The van der Waals surface area contributed by atoms with Crippen LogP contribution in [0.1, 0.15) is 19.3 Å². The Hall–Kier alpha value is -1.11. The van der Waals surface area contributed by atoms with Crippen LogP contribution in [0.5, 0.6) is 0 Å². The minimum Gasteiger partial charge on any atom is -0.481 e. The van der Waals surface area contributed by atoms with Gasteiger partial charge in [-0.15, -0.1) is 0 Å². The number of carboxylic acid groups (broad SMARTS) is 1. The van der Waals surface area contributed by atoms with E-state index in [2.05, 4.69) is 0 Å². The van der Waals surface area contributed by atoms with Gasteiger partial charge in [-0.1, -0.05) is 0 Å². The van der Waals surface area contributed by atoms with Gasteiger partial charge in [0.05, 0.1) is 6.54 Å². The molecule has 0 radical (unpaired) electrons. The molecule has 0 aromatic rings. The molecule has 1 aliphatic heterocycles. The zero-order valence-corrected chi connectivity index (χ0v) is 9.16. The quantitative estimate of drug-likeness (QED) is 0.820. The standard InChI is InChI=1S/C10H14F3NO3/c11-10(12,13)8(15)6-14-3-1-7(2-4-14)5-9(16)17/h7H,1-6H2,(H,16,17). The Bertz CT molecular complexity index is 296. The molecule has 17 heavy (non-hydrogen) atoms. The lowest BCUT2D eigenvalue weighted by Crippen LogP contribution is -2.41. The number of nitrogens with zero attached hydrogens (tertiary/aromatic N) is 1. The van der Waals surface area contributed by atoms with E-state index >= 15 is 0 Å². The summed E-state index contributed by atoms with van der Waals surface area (Å²) in [6, 6.07) is 0. The molecule has 1 heterocycles. The second kappa shape index (κ2) is 5.48. The van der Waals surface area contributed by atoms with Gasteiger partial charge in [-0.05, 0) is 31.8 Å². The van der Waals surface area contributed by atoms with E-state index < -0.39 is 24.5 Å². The molecule has 7 heteroatoms. The number of likely N-dealkylation sites (tertiary alicyclic amines) is 1. The average Bonchev–Trinajstić information content (AvgIpc) is 2.18. The largest absolute Gasteiger partial charge is 0.481 e. The Kier molecular flexibility index (Phi) is 4.50. The minimum atomic E-state index is -4.78. The molecule has 0 aromatic heterocycles. The highest BCUT2D eigenvalue weighted by molar-refractivity contribution is 5.85. The zero-order chi connectivity index (χ0) is 13.1. The summed E-state index contributed by atoms with van der Waals surface area (Å²) in [4.78, 5) is 22.6. The van der Waals surface area contributed by atoms with Crippen LogP contribution >= 0.6 is 0 Å². The Balaban J connectivity index is 2.33. The van der Waals surface area contributed by atoms with Crippen LogP contribution in [0.25, 0.3) is 0 Å². The van der Waals surface area contributed by atoms with Crippen molar-refractivity contribution in [3.63, 3.8) is 0 Å². The maximum atomic E-state index is 12.0. The predicted octanol–water partition coefficient (Wildman–Crippen LogP) is 1.30. The van der Waals surface area contributed by atoms with E-state index in [1.54, 1.807) is 0 Å². The maximum Gasteiger partial charge on any atom is 0.451 e. The number of halogens is 3. The van der Waals surface area contributed by atoms with Gasteiger partial charge in [0.15, 0.2) is 0 Å². The van der Waals surface area contributed by atoms with Crippen molar-refractivity contribution >= 4 is 11.8 Å². The predicted molar refractivity (Wildman–Crippen MR) is 52.5 cm³/mol. The number of hydrogen-bond acceptors (Lipinski definition) is 3. The Morgan fingerprint density at radius 3 is 2.18 bits per heavy atom. The van der Waals surface area contributed by atoms with Crippen molar-refractivity contribution in [3.8, 4) is 0 Å². The number of aliphatic carboxylic acids is 1. The highest BCUT2D eigenvalue weighted by atomic mass is 19.4. The van der Waals surface area contributed by atoms with Gasteiger partial charge in [-0.25, -0.2) is 0 Å². The van der Waals surface area contributed by atoms with Crippen molar-refractivity contribution in [2.24, 2.45) is 5.92 Å². The second-order valence-electron chi connectivity index (χ2n) is 4.24. The molecule has 0 aliphatic carbocycles. The lowest BCUT2D eigenvalue weighted by Gasteiger charge is -2.30. The molecule has 0 unspecified atom stereocenters. The summed E-state index contributed by atoms with van der Waals surface area (Å²) in [7, 11) is 0. The van der Waals surface area contributed by atoms with Gasteiger partial charge in [0.25, 0.3) is 0 Å². The molecule has 0 amide bonds. The monoisotopic (exact) mass is 253 g/mol. The van der Waals surface area contributed by atoms with E-state index in [1.165, 1.54) is 4.90 Å². The average molecular weight is 253 g/mol. The number of piperidine rings is 1. The fourth-order valence-electron chi connectivity index (χ4n) is 1.89. The number of carbonyl (C=O) groups is 2. The lowest BCUT2D eigenvalue weighted by atomic mass is 9.93. The summed E-state index contributed by atoms with van der Waals surface area (Å²) in [5, 5.41) is 8.57. The highest BCUT2D eigenvalue weighted by Gasteiger charge is 2.39. The van der Waals surface area contributed by atoms with E-state index in [4.69, 9.17) is 5.11 Å². The molecule has 1 aliphatic rings. The van der Waals surface area contributed by atoms with Crippen LogP contribution in [0.2, 0.25) is 0 Å². The van der Waals surface area contributed by atoms with Gasteiger partial charge < -0.3 is 5.11 Å². The van der Waals surface area contributed by atoms with Gasteiger partial charge in [0, 0.05) is 6.42 Å². The van der Waals surface area contributed by atoms with Crippen LogP contribution in [0.3, 0.4) is 0 Å². The topological polar surface area (TPSA) is 57.6 Å². The van der Waals surface area contributed by atoms with Crippen LogP contribution in [-0.2, 0) is 9.59 Å². The number of alkyl halides is 3. The third-order valence-electron chi connectivity index (χ3n) is 2.85. The van der Waals surface area contributed by atoms with Crippen LogP contribution in [0.15, 0.2) is 0 Å². The number of rotatable bonds is 4. The van der Waals surface area contributed by atoms with Crippen molar-refractivity contribution in [1.29, 1.82) is 0 Å². The molecule has 0 aromatic carbocycles. The molecule has 1 N–H and O–H groups in total. The SMILES string of the molecule is O=C(O)CC1CCN(CC(=O)C(F)(F)F)CC1. The summed E-state index contributed by atoms with van der Waals surface area (Å²) in [5.41, 5.74) is 0.